The number of phenols is 1. The van der Waals surface area contributed by atoms with Crippen LogP contribution in [0.1, 0.15) is 40.3 Å². The Labute approximate surface area is 236 Å². The van der Waals surface area contributed by atoms with Crippen LogP contribution in [0.25, 0.3) is 22.3 Å². The summed E-state index contributed by atoms with van der Waals surface area (Å²) in [5, 5.41) is 17.8. The Hall–Kier alpha value is -4.19. The monoisotopic (exact) mass is 569 g/mol. The van der Waals surface area contributed by atoms with Crippen LogP contribution < -0.4 is 5.32 Å². The van der Waals surface area contributed by atoms with Gasteiger partial charge in [-0.15, -0.1) is 0 Å². The molecule has 0 fully saturated rings. The number of fused-ring (bicyclic) bond motifs is 1. The number of benzene rings is 1. The van der Waals surface area contributed by atoms with E-state index in [1.54, 1.807) is 19.9 Å². The number of carbonyl (C=O) groups excluding carboxylic acids is 1. The van der Waals surface area contributed by atoms with E-state index in [1.807, 2.05) is 27.1 Å². The molecule has 3 aromatic heterocycles. The van der Waals surface area contributed by atoms with Crippen LogP contribution in [0, 0.1) is 13.8 Å². The Morgan fingerprint density at radius 3 is 2.41 bits per heavy atom. The number of aryl methyl sites for hydroxylation is 2. The smallest absolute Gasteiger partial charge is 0.413 e. The van der Waals surface area contributed by atoms with Crippen molar-refractivity contribution in [3.8, 4) is 17.1 Å². The lowest BCUT2D eigenvalue weighted by molar-refractivity contribution is -0.176. The van der Waals surface area contributed by atoms with Crippen molar-refractivity contribution in [1.82, 2.24) is 29.5 Å². The molecule has 0 spiro atoms. The molecule has 4 rings (SSSR count). The Kier molecular flexibility index (Phi) is 8.52. The van der Waals surface area contributed by atoms with Gasteiger partial charge in [0.25, 0.3) is 5.91 Å². The molecule has 41 heavy (non-hydrogen) atoms. The third kappa shape index (κ3) is 6.27. The first-order valence-corrected chi connectivity index (χ1v) is 13.2. The number of hydrogen-bond donors (Lipinski definition) is 2. The zero-order valence-corrected chi connectivity index (χ0v) is 23.9. The Morgan fingerprint density at radius 2 is 1.80 bits per heavy atom. The highest BCUT2D eigenvalue weighted by molar-refractivity contribution is 6.07. The molecule has 12 heteroatoms. The predicted octanol–water partition coefficient (Wildman–Crippen LogP) is 5.18. The van der Waals surface area contributed by atoms with Crippen molar-refractivity contribution in [2.75, 3.05) is 39.5 Å². The maximum absolute atomic E-state index is 14.5. The van der Waals surface area contributed by atoms with Gasteiger partial charge in [-0.2, -0.15) is 18.3 Å². The number of amides is 1. The molecule has 1 atom stereocenters. The number of anilines is 1. The highest BCUT2D eigenvalue weighted by Crippen LogP contribution is 2.40. The van der Waals surface area contributed by atoms with E-state index in [-0.39, 0.29) is 22.3 Å². The van der Waals surface area contributed by atoms with Crippen LogP contribution in [-0.2, 0) is 6.54 Å². The number of halogens is 3. The number of alkyl halides is 3. The molecule has 0 aliphatic heterocycles. The first kappa shape index (κ1) is 29.8. The van der Waals surface area contributed by atoms with Gasteiger partial charge in [0.05, 0.1) is 40.0 Å². The molecule has 1 unspecified atom stereocenters. The summed E-state index contributed by atoms with van der Waals surface area (Å²) in [7, 11) is 5.08. The second-order valence-electron chi connectivity index (χ2n) is 10.2. The van der Waals surface area contributed by atoms with Crippen molar-refractivity contribution < 1.29 is 23.1 Å². The summed E-state index contributed by atoms with van der Waals surface area (Å²) in [6.07, 6.45) is -3.61. The van der Waals surface area contributed by atoms with Crippen molar-refractivity contribution in [1.29, 1.82) is 0 Å². The quantitative estimate of drug-likeness (QED) is 0.286. The van der Waals surface area contributed by atoms with Gasteiger partial charge in [-0.05, 0) is 71.3 Å². The minimum atomic E-state index is -4.77. The van der Waals surface area contributed by atoms with E-state index in [1.165, 1.54) is 28.9 Å². The lowest BCUT2D eigenvalue weighted by Gasteiger charge is -2.30. The van der Waals surface area contributed by atoms with Gasteiger partial charge in [-0.25, -0.2) is 9.97 Å². The maximum atomic E-state index is 14.5. The van der Waals surface area contributed by atoms with Gasteiger partial charge in [-0.3, -0.25) is 9.48 Å². The number of nitrogens with zero attached hydrogens (tertiary/aromatic N) is 6. The third-order valence-corrected chi connectivity index (χ3v) is 7.00. The molecule has 0 saturated carbocycles. The summed E-state index contributed by atoms with van der Waals surface area (Å²) in [5.41, 5.74) is 2.85. The van der Waals surface area contributed by atoms with E-state index in [2.05, 4.69) is 25.3 Å². The molecule has 2 N–H and O–H groups in total. The largest absolute Gasteiger partial charge is 0.508 e. The maximum Gasteiger partial charge on any atom is 0.413 e. The molecule has 0 aliphatic carbocycles. The first-order valence-electron chi connectivity index (χ1n) is 13.2. The Morgan fingerprint density at radius 1 is 1.07 bits per heavy atom. The topological polar surface area (TPSA) is 99.4 Å². The van der Waals surface area contributed by atoms with Crippen LogP contribution in [0.4, 0.5) is 18.9 Å². The summed E-state index contributed by atoms with van der Waals surface area (Å²) in [6.45, 7) is 7.11. The number of rotatable bonds is 9. The summed E-state index contributed by atoms with van der Waals surface area (Å²) >= 11 is 0. The fourth-order valence-corrected chi connectivity index (χ4v) is 4.79. The van der Waals surface area contributed by atoms with Crippen LogP contribution in [0.15, 0.2) is 42.6 Å². The fourth-order valence-electron chi connectivity index (χ4n) is 4.79. The molecule has 0 bridgehead atoms. The third-order valence-electron chi connectivity index (χ3n) is 7.00. The number of likely N-dealkylation sites (N-methyl/N-ethyl adjacent to an activating group) is 1. The van der Waals surface area contributed by atoms with Crippen molar-refractivity contribution in [2.24, 2.45) is 0 Å². The van der Waals surface area contributed by atoms with Crippen molar-refractivity contribution in [2.45, 2.75) is 39.5 Å². The van der Waals surface area contributed by atoms with Crippen molar-refractivity contribution in [3.05, 3.63) is 65.1 Å². The van der Waals surface area contributed by atoms with Crippen LogP contribution in [-0.4, -0.2) is 81.0 Å². The molecule has 1 aromatic carbocycles. The summed E-state index contributed by atoms with van der Waals surface area (Å²) in [4.78, 5) is 25.8. The van der Waals surface area contributed by atoms with Crippen molar-refractivity contribution >= 4 is 22.5 Å². The molecule has 1 amide bonds. The van der Waals surface area contributed by atoms with E-state index in [0.29, 0.717) is 46.3 Å². The van der Waals surface area contributed by atoms with Crippen LogP contribution in [0.2, 0.25) is 0 Å². The molecule has 9 nitrogen and oxygen atoms in total. The SMILES string of the molecule is CCn1ncc(C(N(C)C(=O)c2cc(-c3ccc(NCCN(C)C)c(C)n3)nc3ccc(O)cc23)C(F)(F)F)c1C. The number of phenolic OH excluding ortho intramolecular Hbond substituents is 1. The lowest BCUT2D eigenvalue weighted by Crippen LogP contribution is -2.40. The lowest BCUT2D eigenvalue weighted by atomic mass is 10.0. The van der Waals surface area contributed by atoms with Crippen LogP contribution in [0.3, 0.4) is 0 Å². The van der Waals surface area contributed by atoms with E-state index in [0.717, 1.165) is 25.5 Å². The molecule has 0 saturated heterocycles. The second kappa shape index (κ2) is 11.7. The van der Waals surface area contributed by atoms with Crippen molar-refractivity contribution in [3.63, 3.8) is 0 Å². The summed E-state index contributed by atoms with van der Waals surface area (Å²) in [5.74, 6) is -1.02. The number of aromatic hydroxyl groups is 1. The van der Waals surface area contributed by atoms with Gasteiger partial charge >= 0.3 is 6.18 Å². The summed E-state index contributed by atoms with van der Waals surface area (Å²) in [6, 6.07) is 7.06. The van der Waals surface area contributed by atoms with Gasteiger partial charge in [0.2, 0.25) is 0 Å². The molecule has 0 aliphatic rings. The normalized spacial score (nSPS) is 12.6. The first-order chi connectivity index (χ1) is 19.3. The Balaban J connectivity index is 1.79. The van der Waals surface area contributed by atoms with E-state index >= 15 is 0 Å². The second-order valence-corrected chi connectivity index (χ2v) is 10.2. The van der Waals surface area contributed by atoms with E-state index in [4.69, 9.17) is 0 Å². The highest BCUT2D eigenvalue weighted by atomic mass is 19.4. The molecule has 0 radical (unpaired) electrons. The van der Waals surface area contributed by atoms with Gasteiger partial charge in [-0.1, -0.05) is 0 Å². The van der Waals surface area contributed by atoms with Crippen LogP contribution >= 0.6 is 0 Å². The fraction of sp³-hybridized carbons (Fsp3) is 0.379. The minimum absolute atomic E-state index is 0.0363. The average molecular weight is 570 g/mol. The molecular formula is C29H34F3N7O2. The number of carbonyl (C=O) groups is 1. The van der Waals surface area contributed by atoms with Gasteiger partial charge in [0, 0.05) is 43.3 Å². The average Bonchev–Trinajstić information content (AvgIpc) is 3.27. The van der Waals surface area contributed by atoms with Gasteiger partial charge in [0.1, 0.15) is 5.75 Å². The van der Waals surface area contributed by atoms with Gasteiger partial charge < -0.3 is 20.2 Å². The van der Waals surface area contributed by atoms with E-state index < -0.39 is 18.1 Å². The molecule has 3 heterocycles. The molecular weight excluding hydrogens is 535 g/mol. The Bertz CT molecular complexity index is 1570. The minimum Gasteiger partial charge on any atom is -0.508 e. The number of nitrogens with one attached hydrogen (secondary N) is 1. The molecule has 4 aromatic rings. The van der Waals surface area contributed by atoms with Gasteiger partial charge in [0.15, 0.2) is 6.04 Å². The number of aromatic nitrogens is 4. The summed E-state index contributed by atoms with van der Waals surface area (Å²) < 4.78 is 44.8. The van der Waals surface area contributed by atoms with Crippen LogP contribution in [0.5, 0.6) is 5.75 Å². The highest BCUT2D eigenvalue weighted by Gasteiger charge is 2.47. The zero-order chi connectivity index (χ0) is 30.1. The molecule has 218 valence electrons. The van der Waals surface area contributed by atoms with E-state index in [9.17, 15) is 23.1 Å². The zero-order valence-electron chi connectivity index (χ0n) is 23.9. The predicted molar refractivity (Wildman–Crippen MR) is 152 cm³/mol. The number of pyridine rings is 2. The standard InChI is InChI=1S/C29H34F3N7O2/c1-7-39-18(3)22(16-34-39)27(29(30,31)32)38(6)28(41)21-15-26(36-24-9-8-19(40)14-20(21)24)25-11-10-23(17(2)35-25)33-12-13-37(4)5/h8-11,14-16,27,33,40H,7,12-13H2,1-6H3. The number of hydrogen-bond acceptors (Lipinski definition) is 7.